The predicted molar refractivity (Wildman–Crippen MR) is 104 cm³/mol. The monoisotopic (exact) mass is 461 g/mol. The Bertz CT molecular complexity index is 1100. The minimum atomic E-state index is -4.77. The summed E-state index contributed by atoms with van der Waals surface area (Å²) in [6.45, 7) is 0.540. The number of halogens is 3. The van der Waals surface area contributed by atoms with Crippen molar-refractivity contribution in [3.8, 4) is 0 Å². The van der Waals surface area contributed by atoms with E-state index >= 15 is 0 Å². The lowest BCUT2D eigenvalue weighted by Gasteiger charge is -2.25. The van der Waals surface area contributed by atoms with Gasteiger partial charge < -0.3 is 5.32 Å². The van der Waals surface area contributed by atoms with Gasteiger partial charge in [0.2, 0.25) is 15.8 Å². The number of carbonyl (C=O) groups excluding carboxylic acids is 1. The van der Waals surface area contributed by atoms with Gasteiger partial charge in [-0.25, -0.2) is 17.9 Å². The Morgan fingerprint density at radius 1 is 1.13 bits per heavy atom. The van der Waals surface area contributed by atoms with Crippen LogP contribution in [0.3, 0.4) is 0 Å². The molecule has 1 saturated heterocycles. The highest BCUT2D eigenvalue weighted by Crippen LogP contribution is 2.26. The summed E-state index contributed by atoms with van der Waals surface area (Å²) < 4.78 is 66.1. The molecule has 0 radical (unpaired) electrons. The second-order valence-corrected chi connectivity index (χ2v) is 9.07. The molecule has 1 aromatic heterocycles. The van der Waals surface area contributed by atoms with Crippen LogP contribution in [0.15, 0.2) is 34.0 Å². The van der Waals surface area contributed by atoms with Gasteiger partial charge in [0.1, 0.15) is 0 Å². The van der Waals surface area contributed by atoms with Crippen molar-refractivity contribution in [1.29, 1.82) is 0 Å². The van der Waals surface area contributed by atoms with Crippen LogP contribution in [-0.4, -0.2) is 52.6 Å². The van der Waals surface area contributed by atoms with E-state index in [-0.39, 0.29) is 23.5 Å². The van der Waals surface area contributed by atoms with Crippen molar-refractivity contribution in [2.75, 3.05) is 19.6 Å². The molecule has 0 spiro atoms. The Kier molecular flexibility index (Phi) is 6.55. The number of benzene rings is 1. The number of carbonyl (C=O) groups is 1. The fraction of sp³-hybridized carbons (Fsp3) is 0.500. The molecule has 1 N–H and O–H groups in total. The highest BCUT2D eigenvalue weighted by atomic mass is 32.2. The van der Waals surface area contributed by atoms with E-state index in [0.29, 0.717) is 22.3 Å². The quantitative estimate of drug-likeness (QED) is 0.696. The van der Waals surface area contributed by atoms with Crippen molar-refractivity contribution in [1.82, 2.24) is 24.0 Å². The lowest BCUT2D eigenvalue weighted by atomic mass is 10.2. The Balaban J connectivity index is 1.61. The van der Waals surface area contributed by atoms with Crippen LogP contribution in [0.5, 0.6) is 0 Å². The molecule has 1 aliphatic rings. The molecule has 0 aliphatic carbocycles. The third-order valence-corrected chi connectivity index (χ3v) is 6.89. The van der Waals surface area contributed by atoms with Gasteiger partial charge in [-0.2, -0.15) is 17.5 Å². The van der Waals surface area contributed by atoms with Gasteiger partial charge in [-0.15, -0.1) is 5.10 Å². The number of sulfonamides is 1. The molecule has 2 heterocycles. The second kappa shape index (κ2) is 8.83. The zero-order valence-corrected chi connectivity index (χ0v) is 17.5. The average Bonchev–Trinajstić information content (AvgIpc) is 3.03. The number of aromatic nitrogens is 3. The second-order valence-electron chi connectivity index (χ2n) is 7.13. The number of nitrogens with zero attached hydrogens (tertiary/aromatic N) is 4. The normalized spacial score (nSPS) is 15.7. The maximum Gasteiger partial charge on any atom is 0.451 e. The topological polar surface area (TPSA) is 106 Å². The van der Waals surface area contributed by atoms with E-state index in [9.17, 15) is 31.2 Å². The van der Waals surface area contributed by atoms with Gasteiger partial charge >= 0.3 is 11.9 Å². The Morgan fingerprint density at radius 3 is 2.29 bits per heavy atom. The molecule has 2 aromatic rings. The third-order valence-electron chi connectivity index (χ3n) is 4.97. The Hall–Kier alpha value is -2.67. The van der Waals surface area contributed by atoms with Gasteiger partial charge in [0.15, 0.2) is 0 Å². The SMILES string of the molecule is Cn1c(C(F)(F)F)nn(CCNC(=O)c2ccc(S(=O)(=O)N3CCCCC3)cc2)c1=O. The number of hydrogen-bond donors (Lipinski definition) is 1. The Labute approximate surface area is 176 Å². The summed E-state index contributed by atoms with van der Waals surface area (Å²) in [5.41, 5.74) is -0.768. The van der Waals surface area contributed by atoms with Gasteiger partial charge in [0, 0.05) is 32.2 Å². The average molecular weight is 461 g/mol. The number of hydrogen-bond acceptors (Lipinski definition) is 5. The minimum absolute atomic E-state index is 0.0886. The fourth-order valence-corrected chi connectivity index (χ4v) is 4.81. The number of alkyl halides is 3. The molecule has 9 nitrogen and oxygen atoms in total. The molecule has 31 heavy (non-hydrogen) atoms. The van der Waals surface area contributed by atoms with Gasteiger partial charge in [-0.1, -0.05) is 6.42 Å². The van der Waals surface area contributed by atoms with Crippen LogP contribution in [0.25, 0.3) is 0 Å². The first-order valence-electron chi connectivity index (χ1n) is 9.61. The number of rotatable bonds is 6. The molecular formula is C18H22F3N5O4S. The zero-order chi connectivity index (χ0) is 22.8. The first-order valence-corrected chi connectivity index (χ1v) is 11.1. The van der Waals surface area contributed by atoms with E-state index < -0.39 is 33.6 Å². The molecule has 1 aliphatic heterocycles. The van der Waals surface area contributed by atoms with Crippen molar-refractivity contribution in [3.63, 3.8) is 0 Å². The molecule has 0 unspecified atom stereocenters. The highest BCUT2D eigenvalue weighted by molar-refractivity contribution is 7.89. The van der Waals surface area contributed by atoms with Gasteiger partial charge in [-0.05, 0) is 37.1 Å². The lowest BCUT2D eigenvalue weighted by molar-refractivity contribution is -0.147. The van der Waals surface area contributed by atoms with Crippen LogP contribution in [0, 0.1) is 0 Å². The maximum absolute atomic E-state index is 12.8. The summed E-state index contributed by atoms with van der Waals surface area (Å²) in [4.78, 5) is 24.2. The van der Waals surface area contributed by atoms with Crippen LogP contribution < -0.4 is 11.0 Å². The van der Waals surface area contributed by atoms with E-state index in [1.54, 1.807) is 0 Å². The van der Waals surface area contributed by atoms with Crippen LogP contribution in [0.4, 0.5) is 13.2 Å². The van der Waals surface area contributed by atoms with Crippen LogP contribution in [0.1, 0.15) is 35.4 Å². The highest BCUT2D eigenvalue weighted by Gasteiger charge is 2.38. The third kappa shape index (κ3) is 4.98. The summed E-state index contributed by atoms with van der Waals surface area (Å²) in [5.74, 6) is -1.88. The van der Waals surface area contributed by atoms with Gasteiger partial charge in [0.05, 0.1) is 11.4 Å². The molecule has 170 valence electrons. The van der Waals surface area contributed by atoms with Crippen LogP contribution in [-0.2, 0) is 29.8 Å². The summed E-state index contributed by atoms with van der Waals surface area (Å²) in [5, 5.41) is 5.73. The van der Waals surface area contributed by atoms with Crippen molar-refractivity contribution in [2.24, 2.45) is 7.05 Å². The van der Waals surface area contributed by atoms with Crippen molar-refractivity contribution < 1.29 is 26.4 Å². The molecular weight excluding hydrogens is 439 g/mol. The summed E-state index contributed by atoms with van der Waals surface area (Å²) >= 11 is 0. The van der Waals surface area contributed by atoms with Crippen molar-refractivity contribution in [2.45, 2.75) is 36.9 Å². The standard InChI is InChI=1S/C18H22F3N5O4S/c1-24-16(18(19,20)21)23-26(17(24)28)12-9-22-15(27)13-5-7-14(8-6-13)31(29,30)25-10-3-2-4-11-25/h5-8H,2-4,9-12H2,1H3,(H,22,27). The van der Waals surface area contributed by atoms with Gasteiger partial charge in [0.25, 0.3) is 5.91 Å². The van der Waals surface area contributed by atoms with E-state index in [1.807, 2.05) is 0 Å². The van der Waals surface area contributed by atoms with Gasteiger partial charge in [-0.3, -0.25) is 9.36 Å². The Morgan fingerprint density at radius 2 is 1.74 bits per heavy atom. The number of piperidine rings is 1. The molecule has 13 heteroatoms. The summed E-state index contributed by atoms with van der Waals surface area (Å²) in [6.07, 6.45) is -2.15. The van der Waals surface area contributed by atoms with Crippen molar-refractivity contribution in [3.05, 3.63) is 46.1 Å². The smallest absolute Gasteiger partial charge is 0.350 e. The largest absolute Gasteiger partial charge is 0.451 e. The van der Waals surface area contributed by atoms with Crippen molar-refractivity contribution >= 4 is 15.9 Å². The van der Waals surface area contributed by atoms with E-state index in [1.165, 1.54) is 28.6 Å². The first kappa shape index (κ1) is 23.0. The molecule has 1 amide bonds. The molecule has 1 fully saturated rings. The fourth-order valence-electron chi connectivity index (χ4n) is 3.29. The number of nitrogens with one attached hydrogen (secondary N) is 1. The molecule has 0 bridgehead atoms. The molecule has 1 aromatic carbocycles. The molecule has 3 rings (SSSR count). The zero-order valence-electron chi connectivity index (χ0n) is 16.7. The van der Waals surface area contributed by atoms with E-state index in [0.717, 1.165) is 26.3 Å². The summed E-state index contributed by atoms with van der Waals surface area (Å²) in [6, 6.07) is 5.41. The van der Waals surface area contributed by atoms with E-state index in [4.69, 9.17) is 0 Å². The van der Waals surface area contributed by atoms with Crippen LogP contribution in [0.2, 0.25) is 0 Å². The van der Waals surface area contributed by atoms with Crippen LogP contribution >= 0.6 is 0 Å². The first-order chi connectivity index (χ1) is 14.5. The molecule has 0 atom stereocenters. The lowest BCUT2D eigenvalue weighted by Crippen LogP contribution is -2.35. The minimum Gasteiger partial charge on any atom is -0.350 e. The summed E-state index contributed by atoms with van der Waals surface area (Å²) in [7, 11) is -2.65. The number of amides is 1. The predicted octanol–water partition coefficient (Wildman–Crippen LogP) is 1.21. The maximum atomic E-state index is 12.8. The molecule has 0 saturated carbocycles. The van der Waals surface area contributed by atoms with E-state index in [2.05, 4.69) is 10.4 Å².